The van der Waals surface area contributed by atoms with E-state index in [0.717, 1.165) is 11.1 Å². The summed E-state index contributed by atoms with van der Waals surface area (Å²) in [6.07, 6.45) is 1.09. The fourth-order valence-electron chi connectivity index (χ4n) is 2.94. The van der Waals surface area contributed by atoms with Crippen LogP contribution >= 0.6 is 11.6 Å². The Bertz CT molecular complexity index is 879. The molecule has 0 saturated carbocycles. The van der Waals surface area contributed by atoms with Gasteiger partial charge < -0.3 is 4.74 Å². The minimum atomic E-state index is -3.72. The van der Waals surface area contributed by atoms with Gasteiger partial charge in [-0.1, -0.05) is 41.4 Å². The van der Waals surface area contributed by atoms with Gasteiger partial charge in [0.1, 0.15) is 12.6 Å². The molecule has 0 spiro atoms. The summed E-state index contributed by atoms with van der Waals surface area (Å²) in [7, 11) is -3.72. The van der Waals surface area contributed by atoms with Gasteiger partial charge in [-0.3, -0.25) is 4.79 Å². The maximum atomic E-state index is 12.9. The van der Waals surface area contributed by atoms with Crippen LogP contribution in [0.3, 0.4) is 0 Å². The van der Waals surface area contributed by atoms with E-state index < -0.39 is 22.0 Å². The largest absolute Gasteiger partial charge is 0.460 e. The van der Waals surface area contributed by atoms with E-state index in [1.165, 1.54) is 4.31 Å². The summed E-state index contributed by atoms with van der Waals surface area (Å²) < 4.78 is 32.3. The molecular weight excluding hydrogens is 374 g/mol. The second-order valence-corrected chi connectivity index (χ2v) is 8.65. The third kappa shape index (κ3) is 4.09. The van der Waals surface area contributed by atoms with Crippen LogP contribution in [0.15, 0.2) is 53.4 Å². The molecule has 1 heterocycles. The van der Waals surface area contributed by atoms with Gasteiger partial charge >= 0.3 is 5.97 Å². The Labute approximate surface area is 158 Å². The number of sulfonamides is 1. The average molecular weight is 394 g/mol. The van der Waals surface area contributed by atoms with Crippen LogP contribution in [0.1, 0.15) is 24.0 Å². The molecule has 1 atom stereocenters. The predicted molar refractivity (Wildman–Crippen MR) is 99.3 cm³/mol. The molecule has 0 radical (unpaired) electrons. The average Bonchev–Trinajstić information content (AvgIpc) is 3.12. The molecule has 0 bridgehead atoms. The molecule has 5 nitrogen and oxygen atoms in total. The summed E-state index contributed by atoms with van der Waals surface area (Å²) in [5.41, 5.74) is 1.78. The highest BCUT2D eigenvalue weighted by atomic mass is 35.5. The maximum Gasteiger partial charge on any atom is 0.324 e. The van der Waals surface area contributed by atoms with Crippen LogP contribution in [0, 0.1) is 6.92 Å². The predicted octanol–water partition coefficient (Wildman–Crippen LogP) is 3.54. The quantitative estimate of drug-likeness (QED) is 0.729. The summed E-state index contributed by atoms with van der Waals surface area (Å²) in [5.74, 6) is -0.520. The number of benzene rings is 2. The van der Waals surface area contributed by atoms with E-state index in [-0.39, 0.29) is 11.5 Å². The summed E-state index contributed by atoms with van der Waals surface area (Å²) in [4.78, 5) is 12.7. The molecule has 0 unspecified atom stereocenters. The number of hydrogen-bond acceptors (Lipinski definition) is 4. The zero-order chi connectivity index (χ0) is 18.7. The Balaban J connectivity index is 1.71. The van der Waals surface area contributed by atoms with Crippen molar-refractivity contribution in [2.45, 2.75) is 37.3 Å². The van der Waals surface area contributed by atoms with Gasteiger partial charge in [0.05, 0.1) is 4.90 Å². The zero-order valence-corrected chi connectivity index (χ0v) is 16.0. The molecular formula is C19H20ClNO4S. The lowest BCUT2D eigenvalue weighted by Crippen LogP contribution is -2.41. The van der Waals surface area contributed by atoms with E-state index in [1.54, 1.807) is 48.5 Å². The van der Waals surface area contributed by atoms with Crippen LogP contribution < -0.4 is 0 Å². The van der Waals surface area contributed by atoms with Crippen molar-refractivity contribution in [1.82, 2.24) is 4.31 Å². The van der Waals surface area contributed by atoms with Crippen LogP contribution in [0.2, 0.25) is 5.02 Å². The first kappa shape index (κ1) is 18.9. The number of aryl methyl sites for hydroxylation is 1. The number of ether oxygens (including phenoxy) is 1. The lowest BCUT2D eigenvalue weighted by molar-refractivity contribution is -0.148. The topological polar surface area (TPSA) is 63.7 Å². The van der Waals surface area contributed by atoms with Crippen LogP contribution in [0.4, 0.5) is 0 Å². The first-order valence-electron chi connectivity index (χ1n) is 8.37. The monoisotopic (exact) mass is 393 g/mol. The van der Waals surface area contributed by atoms with E-state index in [9.17, 15) is 13.2 Å². The number of carbonyl (C=O) groups excluding carboxylic acids is 1. The van der Waals surface area contributed by atoms with E-state index in [2.05, 4.69) is 0 Å². The zero-order valence-electron chi connectivity index (χ0n) is 14.4. The minimum absolute atomic E-state index is 0.0882. The van der Waals surface area contributed by atoms with Gasteiger partial charge in [0, 0.05) is 11.6 Å². The van der Waals surface area contributed by atoms with Crippen LogP contribution in [-0.2, 0) is 26.2 Å². The molecule has 1 aliphatic heterocycles. The molecule has 2 aromatic rings. The van der Waals surface area contributed by atoms with Crippen molar-refractivity contribution in [2.75, 3.05) is 6.54 Å². The second-order valence-electron chi connectivity index (χ2n) is 6.32. The first-order chi connectivity index (χ1) is 12.4. The molecule has 0 N–H and O–H groups in total. The fraction of sp³-hybridized carbons (Fsp3) is 0.316. The van der Waals surface area contributed by atoms with E-state index in [0.29, 0.717) is 24.4 Å². The molecule has 7 heteroatoms. The van der Waals surface area contributed by atoms with Crippen molar-refractivity contribution in [2.24, 2.45) is 0 Å². The molecule has 138 valence electrons. The molecule has 2 aromatic carbocycles. The molecule has 26 heavy (non-hydrogen) atoms. The summed E-state index contributed by atoms with van der Waals surface area (Å²) in [6.45, 7) is 2.30. The fourth-order valence-corrected chi connectivity index (χ4v) is 4.71. The highest BCUT2D eigenvalue weighted by Gasteiger charge is 2.40. The third-order valence-corrected chi connectivity index (χ3v) is 6.57. The highest BCUT2D eigenvalue weighted by Crippen LogP contribution is 2.27. The standard InChI is InChI=1S/C19H20ClNO4S/c1-14-4-10-17(11-5-14)26(23,24)21-12-2-3-18(21)19(22)25-13-15-6-8-16(20)9-7-15/h4-11,18H,2-3,12-13H2,1H3/t18-/m0/s1. The molecule has 0 aliphatic carbocycles. The maximum absolute atomic E-state index is 12.9. The molecule has 1 saturated heterocycles. The Morgan fingerprint density at radius 1 is 1.15 bits per heavy atom. The molecule has 1 aliphatic rings. The Hall–Kier alpha value is -1.89. The second kappa shape index (κ2) is 7.78. The number of nitrogens with zero attached hydrogens (tertiary/aromatic N) is 1. The minimum Gasteiger partial charge on any atom is -0.460 e. The van der Waals surface area contributed by atoms with Crippen molar-refractivity contribution >= 4 is 27.6 Å². The SMILES string of the molecule is Cc1ccc(S(=O)(=O)N2CCC[C@H]2C(=O)OCc2ccc(Cl)cc2)cc1. The highest BCUT2D eigenvalue weighted by molar-refractivity contribution is 7.89. The number of esters is 1. The number of halogens is 1. The van der Waals surface area contributed by atoms with Gasteiger partial charge in [0.25, 0.3) is 0 Å². The van der Waals surface area contributed by atoms with E-state index in [4.69, 9.17) is 16.3 Å². The van der Waals surface area contributed by atoms with E-state index >= 15 is 0 Å². The van der Waals surface area contributed by atoms with Crippen LogP contribution in [0.25, 0.3) is 0 Å². The Morgan fingerprint density at radius 3 is 2.46 bits per heavy atom. The van der Waals surface area contributed by atoms with Gasteiger partial charge in [-0.15, -0.1) is 0 Å². The van der Waals surface area contributed by atoms with Crippen molar-refractivity contribution in [3.63, 3.8) is 0 Å². The molecule has 0 aromatic heterocycles. The third-order valence-electron chi connectivity index (χ3n) is 4.40. The van der Waals surface area contributed by atoms with Crippen molar-refractivity contribution in [1.29, 1.82) is 0 Å². The van der Waals surface area contributed by atoms with Crippen LogP contribution in [-0.4, -0.2) is 31.3 Å². The Morgan fingerprint density at radius 2 is 1.81 bits per heavy atom. The Kier molecular flexibility index (Phi) is 5.65. The lowest BCUT2D eigenvalue weighted by Gasteiger charge is -2.22. The van der Waals surface area contributed by atoms with Gasteiger partial charge in [-0.05, 0) is 49.6 Å². The van der Waals surface area contributed by atoms with Gasteiger partial charge in [-0.2, -0.15) is 4.31 Å². The van der Waals surface area contributed by atoms with Crippen LogP contribution in [0.5, 0.6) is 0 Å². The summed E-state index contributed by atoms with van der Waals surface area (Å²) in [6, 6.07) is 12.8. The number of carbonyl (C=O) groups is 1. The number of rotatable bonds is 5. The molecule has 1 fully saturated rings. The van der Waals surface area contributed by atoms with Gasteiger partial charge in [0.15, 0.2) is 0 Å². The lowest BCUT2D eigenvalue weighted by atomic mass is 10.2. The van der Waals surface area contributed by atoms with Gasteiger partial charge in [-0.25, -0.2) is 8.42 Å². The molecule has 0 amide bonds. The molecule has 3 rings (SSSR count). The number of hydrogen-bond donors (Lipinski definition) is 0. The van der Waals surface area contributed by atoms with Crippen molar-refractivity contribution in [3.8, 4) is 0 Å². The first-order valence-corrected chi connectivity index (χ1v) is 10.2. The smallest absolute Gasteiger partial charge is 0.324 e. The van der Waals surface area contributed by atoms with E-state index in [1.807, 2.05) is 6.92 Å². The normalized spacial score (nSPS) is 18.0. The summed E-state index contributed by atoms with van der Waals surface area (Å²) in [5, 5.41) is 0.603. The van der Waals surface area contributed by atoms with Crippen molar-refractivity contribution < 1.29 is 17.9 Å². The summed E-state index contributed by atoms with van der Waals surface area (Å²) >= 11 is 5.83. The van der Waals surface area contributed by atoms with Gasteiger partial charge in [0.2, 0.25) is 10.0 Å². The van der Waals surface area contributed by atoms with Crippen molar-refractivity contribution in [3.05, 3.63) is 64.7 Å².